The van der Waals surface area contributed by atoms with Crippen molar-refractivity contribution in [2.45, 2.75) is 31.9 Å². The number of thiophene rings is 1. The molecule has 182 valence electrons. The third-order valence-corrected chi connectivity index (χ3v) is 7.03. The molecule has 1 unspecified atom stereocenters. The molecule has 1 fully saturated rings. The highest BCUT2D eigenvalue weighted by Crippen LogP contribution is 2.30. The number of nitriles is 1. The van der Waals surface area contributed by atoms with Gasteiger partial charge < -0.3 is 10.1 Å². The van der Waals surface area contributed by atoms with Crippen LogP contribution in [-0.4, -0.2) is 36.8 Å². The second-order valence-corrected chi connectivity index (χ2v) is 10.3. The van der Waals surface area contributed by atoms with Crippen LogP contribution in [0.4, 0.5) is 5.82 Å². The van der Waals surface area contributed by atoms with E-state index in [0.717, 1.165) is 18.4 Å². The summed E-state index contributed by atoms with van der Waals surface area (Å²) in [5, 5.41) is 19.2. The van der Waals surface area contributed by atoms with E-state index < -0.39 is 10.3 Å². The van der Waals surface area contributed by atoms with Crippen molar-refractivity contribution in [1.29, 1.82) is 5.26 Å². The lowest BCUT2D eigenvalue weighted by atomic mass is 10.1. The molecule has 0 bridgehead atoms. The Morgan fingerprint density at radius 3 is 2.94 bits per heavy atom. The fourth-order valence-corrected chi connectivity index (χ4v) is 5.13. The summed E-state index contributed by atoms with van der Waals surface area (Å²) in [4.78, 5) is 22.0. The summed E-state index contributed by atoms with van der Waals surface area (Å²) in [6, 6.07) is 10.8. The van der Waals surface area contributed by atoms with Gasteiger partial charge >= 0.3 is 10.3 Å². The van der Waals surface area contributed by atoms with Crippen molar-refractivity contribution in [2.24, 2.45) is 11.1 Å². The highest BCUT2D eigenvalue weighted by molar-refractivity contribution is 7.84. The van der Waals surface area contributed by atoms with Crippen molar-refractivity contribution in [3.05, 3.63) is 69.8 Å². The van der Waals surface area contributed by atoms with Crippen molar-refractivity contribution in [3.63, 3.8) is 0 Å². The maximum Gasteiger partial charge on any atom is 0.333 e. The van der Waals surface area contributed by atoms with Crippen molar-refractivity contribution in [2.75, 3.05) is 11.9 Å². The van der Waals surface area contributed by atoms with E-state index in [0.29, 0.717) is 34.0 Å². The molecule has 0 aliphatic heterocycles. The number of hydrogen-bond acceptors (Lipinski definition) is 10. The van der Waals surface area contributed by atoms with Gasteiger partial charge in [-0.25, -0.2) is 15.1 Å². The molecule has 3 aromatic rings. The summed E-state index contributed by atoms with van der Waals surface area (Å²) in [5.41, 5.74) is 1.60. The van der Waals surface area contributed by atoms with Gasteiger partial charge in [0.25, 0.3) is 0 Å². The third-order valence-electron chi connectivity index (χ3n) is 5.59. The third kappa shape index (κ3) is 6.61. The number of para-hydroxylation sites is 1. The highest BCUT2D eigenvalue weighted by Gasteiger charge is 2.28. The molecule has 0 spiro atoms. The van der Waals surface area contributed by atoms with Gasteiger partial charge in [0.05, 0.1) is 22.6 Å². The number of carbonyl (C=O) groups excluding carboxylic acids is 1. The Bertz CT molecular complexity index is 1350. The summed E-state index contributed by atoms with van der Waals surface area (Å²) >= 11 is 1.30. The summed E-state index contributed by atoms with van der Waals surface area (Å²) in [6.07, 6.45) is 5.06. The van der Waals surface area contributed by atoms with Crippen LogP contribution in [-0.2, 0) is 21.1 Å². The van der Waals surface area contributed by atoms with Crippen LogP contribution in [0.3, 0.4) is 0 Å². The highest BCUT2D eigenvalue weighted by atomic mass is 32.2. The van der Waals surface area contributed by atoms with Gasteiger partial charge in [-0.05, 0) is 48.8 Å². The Balaban J connectivity index is 1.39. The molecule has 35 heavy (non-hydrogen) atoms. The van der Waals surface area contributed by atoms with Gasteiger partial charge in [-0.1, -0.05) is 12.1 Å². The van der Waals surface area contributed by atoms with Crippen LogP contribution in [0.2, 0.25) is 0 Å². The average molecular weight is 514 g/mol. The Morgan fingerprint density at radius 2 is 2.14 bits per heavy atom. The number of benzene rings is 1. The van der Waals surface area contributed by atoms with Gasteiger partial charge in [0, 0.05) is 17.8 Å². The standard InChI is InChI=1S/C23H23N5O5S2/c24-9-17-3-1-2-4-20(17)32-11-16-8-21(34-13-16)22(29)19-10-26-14-27-23(19)28-18-6-5-15(7-18)12-33-35(25,30)31/h1-4,8,10,13-15,18H,5-7,11-12H2,(H2,25,30,31)(H,26,27,28)/t15-,18?/m1/s1. The van der Waals surface area contributed by atoms with Crippen molar-refractivity contribution >= 4 is 33.2 Å². The zero-order valence-electron chi connectivity index (χ0n) is 18.6. The average Bonchev–Trinajstić information content (AvgIpc) is 3.51. The van der Waals surface area contributed by atoms with Crippen LogP contribution in [0.5, 0.6) is 5.75 Å². The molecule has 1 aliphatic carbocycles. The van der Waals surface area contributed by atoms with Crippen molar-refractivity contribution in [3.8, 4) is 11.8 Å². The molecule has 0 saturated heterocycles. The van der Waals surface area contributed by atoms with E-state index in [9.17, 15) is 18.5 Å². The van der Waals surface area contributed by atoms with Crippen LogP contribution in [0.25, 0.3) is 0 Å². The molecule has 2 atom stereocenters. The van der Waals surface area contributed by atoms with E-state index in [1.54, 1.807) is 30.3 Å². The number of hydrogen-bond donors (Lipinski definition) is 2. The van der Waals surface area contributed by atoms with E-state index in [1.807, 2.05) is 5.38 Å². The summed E-state index contributed by atoms with van der Waals surface area (Å²) < 4.78 is 32.5. The molecule has 1 aromatic carbocycles. The quantitative estimate of drug-likeness (QED) is 0.389. The molecule has 1 saturated carbocycles. The molecule has 0 radical (unpaired) electrons. The van der Waals surface area contributed by atoms with Gasteiger partial charge in [0.1, 0.15) is 30.6 Å². The monoisotopic (exact) mass is 513 g/mol. The Hall–Kier alpha value is -3.37. The van der Waals surface area contributed by atoms with Gasteiger partial charge in [-0.2, -0.15) is 13.7 Å². The van der Waals surface area contributed by atoms with Crippen molar-refractivity contribution < 1.29 is 22.1 Å². The number of ether oxygens (including phenoxy) is 1. The first-order valence-corrected chi connectivity index (χ1v) is 13.1. The second-order valence-electron chi connectivity index (χ2n) is 8.13. The number of nitrogens with one attached hydrogen (secondary N) is 1. The van der Waals surface area contributed by atoms with Gasteiger partial charge in [0.2, 0.25) is 5.78 Å². The first kappa shape index (κ1) is 24.7. The molecule has 1 aliphatic rings. The first-order chi connectivity index (χ1) is 16.8. The lowest BCUT2D eigenvalue weighted by molar-refractivity contribution is 0.104. The fraction of sp³-hybridized carbons (Fsp3) is 0.304. The Labute approximate surface area is 207 Å². The predicted molar refractivity (Wildman–Crippen MR) is 129 cm³/mol. The number of carbonyl (C=O) groups is 1. The molecule has 12 heteroatoms. The maximum atomic E-state index is 13.2. The van der Waals surface area contributed by atoms with E-state index in [2.05, 4.69) is 21.4 Å². The number of anilines is 1. The van der Waals surface area contributed by atoms with Crippen molar-refractivity contribution in [1.82, 2.24) is 9.97 Å². The SMILES string of the molecule is N#Cc1ccccc1OCc1csc(C(=O)c2cncnc2NC2CC[C@@H](COS(N)(=O)=O)C2)c1. The smallest absolute Gasteiger partial charge is 0.333 e. The molecule has 3 N–H and O–H groups in total. The lowest BCUT2D eigenvalue weighted by Gasteiger charge is -2.15. The molecule has 4 rings (SSSR count). The minimum Gasteiger partial charge on any atom is -0.487 e. The van der Waals surface area contributed by atoms with Gasteiger partial charge in [-0.3, -0.25) is 8.98 Å². The van der Waals surface area contributed by atoms with E-state index >= 15 is 0 Å². The molecule has 2 heterocycles. The Kier molecular flexibility index (Phi) is 7.72. The molecule has 0 amide bonds. The normalized spacial score (nSPS) is 17.6. The number of rotatable bonds is 10. The molecular formula is C23H23N5O5S2. The number of aromatic nitrogens is 2. The van der Waals surface area contributed by atoms with Crippen LogP contribution >= 0.6 is 11.3 Å². The summed E-state index contributed by atoms with van der Waals surface area (Å²) in [6.45, 7) is 0.258. The second kappa shape index (κ2) is 10.9. The summed E-state index contributed by atoms with van der Waals surface area (Å²) in [5.74, 6) is 0.741. The molecular weight excluding hydrogens is 490 g/mol. The van der Waals surface area contributed by atoms with Gasteiger partial charge in [0.15, 0.2) is 0 Å². The lowest BCUT2D eigenvalue weighted by Crippen LogP contribution is -2.22. The Morgan fingerprint density at radius 1 is 1.31 bits per heavy atom. The van der Waals surface area contributed by atoms with E-state index in [-0.39, 0.29) is 31.0 Å². The zero-order chi connectivity index (χ0) is 24.8. The first-order valence-electron chi connectivity index (χ1n) is 10.8. The molecule has 2 aromatic heterocycles. The van der Waals surface area contributed by atoms with E-state index in [1.165, 1.54) is 23.9 Å². The van der Waals surface area contributed by atoms with Crippen LogP contribution in [0.1, 0.15) is 45.6 Å². The minimum atomic E-state index is -3.97. The number of ketones is 1. The summed E-state index contributed by atoms with van der Waals surface area (Å²) in [7, 11) is -3.97. The van der Waals surface area contributed by atoms with Crippen LogP contribution in [0, 0.1) is 17.2 Å². The topological polar surface area (TPSA) is 157 Å². The minimum absolute atomic E-state index is 0.0121. The predicted octanol–water partition coefficient (Wildman–Crippen LogP) is 3.02. The zero-order valence-corrected chi connectivity index (χ0v) is 20.2. The molecule has 10 nitrogen and oxygen atoms in total. The van der Waals surface area contributed by atoms with Crippen LogP contribution in [0.15, 0.2) is 48.2 Å². The van der Waals surface area contributed by atoms with Gasteiger partial charge in [-0.15, -0.1) is 11.3 Å². The van der Waals surface area contributed by atoms with E-state index in [4.69, 9.17) is 14.1 Å². The maximum absolute atomic E-state index is 13.2. The largest absolute Gasteiger partial charge is 0.487 e. The number of nitrogens with two attached hydrogens (primary N) is 1. The fourth-order valence-electron chi connectivity index (χ4n) is 3.90. The van der Waals surface area contributed by atoms with Crippen LogP contribution < -0.4 is 15.2 Å². The number of nitrogens with zero attached hydrogens (tertiary/aromatic N) is 3.